The quantitative estimate of drug-likeness (QED) is 0.889. The van der Waals surface area contributed by atoms with Crippen molar-refractivity contribution in [2.24, 2.45) is 5.73 Å². The van der Waals surface area contributed by atoms with E-state index >= 15 is 0 Å². The molecule has 22 heavy (non-hydrogen) atoms. The summed E-state index contributed by atoms with van der Waals surface area (Å²) in [6.07, 6.45) is 0. The number of para-hydroxylation sites is 1. The minimum Gasteiger partial charge on any atom is -0.483 e. The van der Waals surface area contributed by atoms with Gasteiger partial charge in [-0.25, -0.2) is 0 Å². The fraction of sp³-hybridized carbons (Fsp3) is 0.125. The number of amides is 2. The zero-order valence-corrected chi connectivity index (χ0v) is 12.7. The summed E-state index contributed by atoms with van der Waals surface area (Å²) in [4.78, 5) is 23.2. The number of aryl methyl sites for hydroxylation is 1. The Labute approximate surface area is 133 Å². The maximum absolute atomic E-state index is 12.4. The monoisotopic (exact) mass is 318 g/mol. The first-order chi connectivity index (χ1) is 10.5. The number of hydrogen-bond donors (Lipinski definition) is 2. The molecule has 2 amide bonds. The third-order valence-corrected chi connectivity index (χ3v) is 3.19. The number of ether oxygens (including phenoxy) is 1. The van der Waals surface area contributed by atoms with E-state index in [0.29, 0.717) is 16.3 Å². The molecule has 0 aliphatic rings. The lowest BCUT2D eigenvalue weighted by atomic mass is 10.1. The Kier molecular flexibility index (Phi) is 5.01. The lowest BCUT2D eigenvalue weighted by Crippen LogP contribution is -2.21. The van der Waals surface area contributed by atoms with Crippen LogP contribution in [-0.4, -0.2) is 18.4 Å². The number of anilines is 1. The standard InChI is InChI=1S/C16H15ClN2O3/c1-10-6-7-13(12(17)8-10)19-16(21)11-4-2-3-5-14(11)22-9-15(18)20/h2-8H,9H2,1H3,(H2,18,20)(H,19,21). The van der Waals surface area contributed by atoms with Gasteiger partial charge in [0.05, 0.1) is 16.3 Å². The van der Waals surface area contributed by atoms with Crippen molar-refractivity contribution in [3.63, 3.8) is 0 Å². The number of carbonyl (C=O) groups is 2. The molecule has 2 aromatic carbocycles. The summed E-state index contributed by atoms with van der Waals surface area (Å²) in [7, 11) is 0. The molecule has 2 rings (SSSR count). The molecule has 6 heteroatoms. The fourth-order valence-corrected chi connectivity index (χ4v) is 2.12. The van der Waals surface area contributed by atoms with Crippen LogP contribution in [0.4, 0.5) is 5.69 Å². The Morgan fingerprint density at radius 3 is 2.64 bits per heavy atom. The van der Waals surface area contributed by atoms with Crippen molar-refractivity contribution in [1.82, 2.24) is 0 Å². The van der Waals surface area contributed by atoms with Crippen LogP contribution in [0.15, 0.2) is 42.5 Å². The van der Waals surface area contributed by atoms with Crippen molar-refractivity contribution in [3.8, 4) is 5.75 Å². The van der Waals surface area contributed by atoms with E-state index in [9.17, 15) is 9.59 Å². The molecule has 0 radical (unpaired) electrons. The summed E-state index contributed by atoms with van der Waals surface area (Å²) >= 11 is 6.10. The summed E-state index contributed by atoms with van der Waals surface area (Å²) in [5, 5.41) is 3.16. The molecule has 0 bridgehead atoms. The second-order valence-electron chi connectivity index (χ2n) is 4.69. The lowest BCUT2D eigenvalue weighted by Gasteiger charge is -2.11. The van der Waals surface area contributed by atoms with Crippen molar-refractivity contribution < 1.29 is 14.3 Å². The number of halogens is 1. The van der Waals surface area contributed by atoms with Crippen LogP contribution in [0.3, 0.4) is 0 Å². The van der Waals surface area contributed by atoms with Crippen molar-refractivity contribution >= 4 is 29.1 Å². The maximum Gasteiger partial charge on any atom is 0.259 e. The molecule has 114 valence electrons. The van der Waals surface area contributed by atoms with Gasteiger partial charge in [-0.3, -0.25) is 9.59 Å². The molecule has 0 saturated heterocycles. The van der Waals surface area contributed by atoms with E-state index in [1.807, 2.05) is 13.0 Å². The van der Waals surface area contributed by atoms with Crippen LogP contribution in [0.2, 0.25) is 5.02 Å². The molecule has 3 N–H and O–H groups in total. The largest absolute Gasteiger partial charge is 0.483 e. The van der Waals surface area contributed by atoms with E-state index in [4.69, 9.17) is 22.1 Å². The minimum atomic E-state index is -0.614. The predicted octanol–water partition coefficient (Wildman–Crippen LogP) is 2.76. The molecular weight excluding hydrogens is 304 g/mol. The molecule has 0 atom stereocenters. The minimum absolute atomic E-state index is 0.280. The molecule has 0 heterocycles. The van der Waals surface area contributed by atoms with Crippen LogP contribution in [0.5, 0.6) is 5.75 Å². The molecule has 0 fully saturated rings. The number of nitrogens with one attached hydrogen (secondary N) is 1. The number of hydrogen-bond acceptors (Lipinski definition) is 3. The Bertz CT molecular complexity index is 716. The first-order valence-corrected chi connectivity index (χ1v) is 6.93. The summed E-state index contributed by atoms with van der Waals surface area (Å²) in [5.74, 6) is -0.718. The molecule has 5 nitrogen and oxygen atoms in total. The van der Waals surface area contributed by atoms with Crippen LogP contribution in [0, 0.1) is 6.92 Å². The van der Waals surface area contributed by atoms with E-state index in [2.05, 4.69) is 5.32 Å². The molecule has 0 spiro atoms. The third-order valence-electron chi connectivity index (χ3n) is 2.87. The third kappa shape index (κ3) is 3.99. The van der Waals surface area contributed by atoms with Crippen molar-refractivity contribution in [3.05, 3.63) is 58.6 Å². The highest BCUT2D eigenvalue weighted by atomic mass is 35.5. The van der Waals surface area contributed by atoms with Crippen LogP contribution in [0.25, 0.3) is 0 Å². The highest BCUT2D eigenvalue weighted by molar-refractivity contribution is 6.34. The zero-order chi connectivity index (χ0) is 16.1. The molecule has 0 aliphatic heterocycles. The Morgan fingerprint density at radius 2 is 1.95 bits per heavy atom. The van der Waals surface area contributed by atoms with E-state index in [1.54, 1.807) is 36.4 Å². The Hall–Kier alpha value is -2.53. The smallest absolute Gasteiger partial charge is 0.259 e. The summed E-state index contributed by atoms with van der Waals surface area (Å²) < 4.78 is 5.24. The molecule has 0 aliphatic carbocycles. The van der Waals surface area contributed by atoms with E-state index in [-0.39, 0.29) is 18.3 Å². The van der Waals surface area contributed by atoms with E-state index in [0.717, 1.165) is 5.56 Å². The van der Waals surface area contributed by atoms with Crippen molar-refractivity contribution in [2.45, 2.75) is 6.92 Å². The van der Waals surface area contributed by atoms with Gasteiger partial charge in [0.2, 0.25) is 0 Å². The first-order valence-electron chi connectivity index (χ1n) is 6.55. The number of nitrogens with two attached hydrogens (primary N) is 1. The summed E-state index contributed by atoms with van der Waals surface area (Å²) in [5.41, 5.74) is 6.83. The van der Waals surface area contributed by atoms with Gasteiger partial charge in [-0.05, 0) is 36.8 Å². The highest BCUT2D eigenvalue weighted by Gasteiger charge is 2.14. The van der Waals surface area contributed by atoms with Crippen LogP contribution in [-0.2, 0) is 4.79 Å². The van der Waals surface area contributed by atoms with Crippen molar-refractivity contribution in [1.29, 1.82) is 0 Å². The Morgan fingerprint density at radius 1 is 1.23 bits per heavy atom. The maximum atomic E-state index is 12.4. The zero-order valence-electron chi connectivity index (χ0n) is 11.9. The Balaban J connectivity index is 2.20. The average molecular weight is 319 g/mol. The van der Waals surface area contributed by atoms with Crippen LogP contribution < -0.4 is 15.8 Å². The molecule has 0 saturated carbocycles. The average Bonchev–Trinajstić information content (AvgIpc) is 2.48. The summed E-state index contributed by atoms with van der Waals surface area (Å²) in [6, 6.07) is 11.9. The normalized spacial score (nSPS) is 10.1. The molecular formula is C16H15ClN2O3. The van der Waals surface area contributed by atoms with Gasteiger partial charge in [-0.15, -0.1) is 0 Å². The molecule has 0 aromatic heterocycles. The van der Waals surface area contributed by atoms with Gasteiger partial charge in [0.15, 0.2) is 6.61 Å². The number of rotatable bonds is 5. The lowest BCUT2D eigenvalue weighted by molar-refractivity contribution is -0.119. The second kappa shape index (κ2) is 6.95. The summed E-state index contributed by atoms with van der Waals surface area (Å²) in [6.45, 7) is 1.61. The van der Waals surface area contributed by atoms with Crippen LogP contribution >= 0.6 is 11.6 Å². The molecule has 0 unspecified atom stereocenters. The van der Waals surface area contributed by atoms with Gasteiger partial charge in [0, 0.05) is 0 Å². The van der Waals surface area contributed by atoms with E-state index in [1.165, 1.54) is 0 Å². The fourth-order valence-electron chi connectivity index (χ4n) is 1.84. The van der Waals surface area contributed by atoms with Crippen molar-refractivity contribution in [2.75, 3.05) is 11.9 Å². The van der Waals surface area contributed by atoms with Gasteiger partial charge in [0.25, 0.3) is 11.8 Å². The van der Waals surface area contributed by atoms with Gasteiger partial charge in [-0.1, -0.05) is 29.8 Å². The highest BCUT2D eigenvalue weighted by Crippen LogP contribution is 2.25. The van der Waals surface area contributed by atoms with Crippen LogP contribution in [0.1, 0.15) is 15.9 Å². The number of benzene rings is 2. The second-order valence-corrected chi connectivity index (χ2v) is 5.10. The van der Waals surface area contributed by atoms with Gasteiger partial charge in [0.1, 0.15) is 5.75 Å². The van der Waals surface area contributed by atoms with Gasteiger partial charge < -0.3 is 15.8 Å². The van der Waals surface area contributed by atoms with E-state index < -0.39 is 5.91 Å². The van der Waals surface area contributed by atoms with Gasteiger partial charge in [-0.2, -0.15) is 0 Å². The predicted molar refractivity (Wildman–Crippen MR) is 85.3 cm³/mol. The topological polar surface area (TPSA) is 81.4 Å². The SMILES string of the molecule is Cc1ccc(NC(=O)c2ccccc2OCC(N)=O)c(Cl)c1. The molecule has 2 aromatic rings. The number of primary amides is 1. The number of carbonyl (C=O) groups excluding carboxylic acids is 2. The van der Waals surface area contributed by atoms with Gasteiger partial charge >= 0.3 is 0 Å². The first kappa shape index (κ1) is 15.9.